The van der Waals surface area contributed by atoms with Gasteiger partial charge in [0.2, 0.25) is 0 Å². The molecule has 0 unspecified atom stereocenters. The fraction of sp³-hybridized carbons (Fsp3) is 0.304. The Morgan fingerprint density at radius 3 is 2.41 bits per heavy atom. The van der Waals surface area contributed by atoms with Gasteiger partial charge in [0, 0.05) is 17.0 Å². The number of carbonyl (C=O) groups excluding carboxylic acids is 1. The van der Waals surface area contributed by atoms with Crippen LogP contribution in [-0.2, 0) is 6.54 Å². The summed E-state index contributed by atoms with van der Waals surface area (Å²) in [6, 6.07) is 12.4. The number of hydrogen-bond acceptors (Lipinski definition) is 7. The zero-order chi connectivity index (χ0) is 21.9. The van der Waals surface area contributed by atoms with Gasteiger partial charge in [-0.2, -0.15) is 0 Å². The van der Waals surface area contributed by atoms with Crippen LogP contribution in [0.3, 0.4) is 0 Å². The fourth-order valence-electron chi connectivity index (χ4n) is 5.30. The Morgan fingerprint density at radius 2 is 1.72 bits per heavy atom. The van der Waals surface area contributed by atoms with Crippen molar-refractivity contribution in [3.63, 3.8) is 0 Å². The summed E-state index contributed by atoms with van der Waals surface area (Å²) in [4.78, 5) is 32.3. The first kappa shape index (κ1) is 19.6. The molecule has 1 aromatic heterocycles. The van der Waals surface area contributed by atoms with Gasteiger partial charge in [0.05, 0.1) is 20.0 Å². The van der Waals surface area contributed by atoms with Crippen LogP contribution in [0.1, 0.15) is 15.9 Å². The van der Waals surface area contributed by atoms with Crippen LogP contribution >= 0.6 is 0 Å². The summed E-state index contributed by atoms with van der Waals surface area (Å²) in [6.45, 7) is 6.96. The van der Waals surface area contributed by atoms with E-state index in [9.17, 15) is 14.0 Å². The zero-order valence-electron chi connectivity index (χ0n) is 17.4. The molecule has 4 aliphatic rings. The van der Waals surface area contributed by atoms with Crippen LogP contribution in [0.4, 0.5) is 4.39 Å². The van der Waals surface area contributed by atoms with Crippen molar-refractivity contribution in [2.45, 2.75) is 6.54 Å². The molecule has 5 heterocycles. The van der Waals surface area contributed by atoms with E-state index in [-0.39, 0.29) is 11.3 Å². The number of nitrogens with zero attached hydrogens (tertiary/aromatic N) is 4. The molecule has 3 aromatic rings. The summed E-state index contributed by atoms with van der Waals surface area (Å²) in [5.41, 5.74) is 0.528. The van der Waals surface area contributed by atoms with Crippen LogP contribution < -0.4 is 10.4 Å². The van der Waals surface area contributed by atoms with Gasteiger partial charge in [0.1, 0.15) is 49.3 Å². The van der Waals surface area contributed by atoms with Crippen LogP contribution in [-0.4, -0.2) is 65.2 Å². The Balaban J connectivity index is 1.29. The second kappa shape index (κ2) is 7.21. The largest absolute Gasteiger partial charge is 0.423 e. The molecule has 0 saturated carbocycles. The number of carbonyl (C=O) groups is 1. The van der Waals surface area contributed by atoms with Crippen molar-refractivity contribution >= 4 is 16.9 Å². The molecule has 4 saturated heterocycles. The lowest BCUT2D eigenvalue weighted by molar-refractivity contribution is -0.991. The van der Waals surface area contributed by atoms with E-state index in [4.69, 9.17) is 9.15 Å². The molecule has 7 rings (SSSR count). The van der Waals surface area contributed by atoms with E-state index < -0.39 is 17.4 Å². The van der Waals surface area contributed by atoms with Crippen LogP contribution in [0, 0.1) is 5.82 Å². The highest BCUT2D eigenvalue weighted by molar-refractivity contribution is 5.94. The maximum atomic E-state index is 13.4. The highest BCUT2D eigenvalue weighted by Gasteiger charge is 2.48. The first-order valence-electron chi connectivity index (χ1n) is 10.5. The van der Waals surface area contributed by atoms with Gasteiger partial charge in [-0.3, -0.25) is 4.48 Å². The molecular weight excluding hydrogens is 415 g/mol. The van der Waals surface area contributed by atoms with Crippen molar-refractivity contribution < 1.29 is 22.8 Å². The third-order valence-corrected chi connectivity index (χ3v) is 6.24. The average Bonchev–Trinajstić information content (AvgIpc) is 2.72. The number of esters is 1. The number of benzene rings is 2. The number of rotatable bonds is 4. The van der Waals surface area contributed by atoms with Gasteiger partial charge in [-0.1, -0.05) is 6.07 Å². The minimum absolute atomic E-state index is 0.0300. The Bertz CT molecular complexity index is 1260. The number of halogens is 1. The first-order valence-corrected chi connectivity index (χ1v) is 10.5. The minimum atomic E-state index is -0.873. The van der Waals surface area contributed by atoms with Gasteiger partial charge in [0.25, 0.3) is 0 Å². The SMILES string of the molecule is O=C(Oc1cccc(F)c1)c1cc2cc(C[N+]34CN5CN(CN(C5)C3)C4)ccc2oc1=O. The molecule has 4 fully saturated rings. The predicted molar refractivity (Wildman–Crippen MR) is 113 cm³/mol. The van der Waals surface area contributed by atoms with E-state index in [1.54, 1.807) is 6.07 Å². The van der Waals surface area contributed by atoms with E-state index in [1.807, 2.05) is 12.1 Å². The normalized spacial score (nSPS) is 28.2. The fourth-order valence-corrected chi connectivity index (χ4v) is 5.30. The van der Waals surface area contributed by atoms with Crippen LogP contribution in [0.5, 0.6) is 5.75 Å². The molecule has 0 atom stereocenters. The molecule has 8 nitrogen and oxygen atoms in total. The molecule has 32 heavy (non-hydrogen) atoms. The summed E-state index contributed by atoms with van der Waals surface area (Å²) in [5, 5.41) is 0.656. The van der Waals surface area contributed by atoms with E-state index in [0.717, 1.165) is 62.7 Å². The van der Waals surface area contributed by atoms with E-state index >= 15 is 0 Å². The molecule has 0 amide bonds. The maximum Gasteiger partial charge on any atom is 0.351 e. The highest BCUT2D eigenvalue weighted by atomic mass is 19.1. The molecule has 0 radical (unpaired) electrons. The predicted octanol–water partition coefficient (Wildman–Crippen LogP) is 2.16. The lowest BCUT2D eigenvalue weighted by Gasteiger charge is -2.60. The Morgan fingerprint density at radius 1 is 1.00 bits per heavy atom. The summed E-state index contributed by atoms with van der Waals surface area (Å²) in [5.74, 6) is -1.37. The highest BCUT2D eigenvalue weighted by Crippen LogP contribution is 2.31. The molecule has 0 aliphatic carbocycles. The number of fused-ring (bicyclic) bond motifs is 1. The van der Waals surface area contributed by atoms with Crippen molar-refractivity contribution in [1.82, 2.24) is 14.7 Å². The van der Waals surface area contributed by atoms with Gasteiger partial charge < -0.3 is 9.15 Å². The molecule has 4 bridgehead atoms. The van der Waals surface area contributed by atoms with Crippen LogP contribution in [0.15, 0.2) is 57.7 Å². The maximum absolute atomic E-state index is 13.4. The lowest BCUT2D eigenvalue weighted by atomic mass is 10.1. The molecule has 164 valence electrons. The Kier molecular flexibility index (Phi) is 4.41. The molecule has 0 spiro atoms. The van der Waals surface area contributed by atoms with Crippen LogP contribution in [0.25, 0.3) is 11.0 Å². The zero-order valence-corrected chi connectivity index (χ0v) is 17.4. The van der Waals surface area contributed by atoms with Gasteiger partial charge in [-0.25, -0.2) is 28.7 Å². The van der Waals surface area contributed by atoms with Crippen molar-refractivity contribution in [3.8, 4) is 5.75 Å². The molecule has 2 aromatic carbocycles. The standard InChI is InChI=1S/C23H22FN4O4/c24-18-2-1-3-19(8-18)31-22(29)20-7-17-6-16(4-5-21(17)32-23(20)30)9-28-13-25-10-26(14-28)12-27(11-25)15-28/h1-8H,9-15H2/q+1. The van der Waals surface area contributed by atoms with Crippen LogP contribution in [0.2, 0.25) is 0 Å². The van der Waals surface area contributed by atoms with E-state index in [2.05, 4.69) is 14.7 Å². The number of quaternary nitrogens is 1. The number of ether oxygens (including phenoxy) is 1. The summed E-state index contributed by atoms with van der Waals surface area (Å²) in [6.07, 6.45) is 0. The second-order valence-electron chi connectivity index (χ2n) is 9.03. The van der Waals surface area contributed by atoms with Gasteiger partial charge in [-0.05, 0) is 36.4 Å². The van der Waals surface area contributed by atoms with Crippen molar-refractivity contribution in [1.29, 1.82) is 0 Å². The summed E-state index contributed by atoms with van der Waals surface area (Å²) in [7, 11) is 0. The quantitative estimate of drug-likeness (QED) is 0.268. The van der Waals surface area contributed by atoms with Crippen molar-refractivity contribution in [2.75, 3.05) is 40.0 Å². The first-order chi connectivity index (χ1) is 15.4. The summed E-state index contributed by atoms with van der Waals surface area (Å²) >= 11 is 0. The Labute approximate surface area is 183 Å². The number of hydrogen-bond donors (Lipinski definition) is 0. The van der Waals surface area contributed by atoms with Gasteiger partial charge >= 0.3 is 11.6 Å². The van der Waals surface area contributed by atoms with Gasteiger partial charge in [-0.15, -0.1) is 0 Å². The minimum Gasteiger partial charge on any atom is -0.423 e. The van der Waals surface area contributed by atoms with Gasteiger partial charge in [0.15, 0.2) is 0 Å². The average molecular weight is 437 g/mol. The molecule has 4 aliphatic heterocycles. The molecular formula is C23H22FN4O4+. The second-order valence-corrected chi connectivity index (χ2v) is 9.03. The van der Waals surface area contributed by atoms with Crippen molar-refractivity contribution in [2.24, 2.45) is 0 Å². The summed E-state index contributed by atoms with van der Waals surface area (Å²) < 4.78 is 24.9. The van der Waals surface area contributed by atoms with E-state index in [1.165, 1.54) is 24.3 Å². The topological polar surface area (TPSA) is 66.2 Å². The smallest absolute Gasteiger partial charge is 0.351 e. The molecule has 0 N–H and O–H groups in total. The third-order valence-electron chi connectivity index (χ3n) is 6.24. The molecule has 9 heteroatoms. The third kappa shape index (κ3) is 3.49. The Hall–Kier alpha value is -3.11. The lowest BCUT2D eigenvalue weighted by Crippen LogP contribution is -2.78. The van der Waals surface area contributed by atoms with E-state index in [0.29, 0.717) is 11.0 Å². The van der Waals surface area contributed by atoms with Crippen molar-refractivity contribution in [3.05, 3.63) is 75.9 Å². The monoisotopic (exact) mass is 437 g/mol.